The molecule has 0 saturated carbocycles. The van der Waals surface area contributed by atoms with E-state index in [1.54, 1.807) is 0 Å². The third kappa shape index (κ3) is 13.7. The van der Waals surface area contributed by atoms with Crippen LogP contribution in [0.15, 0.2) is 47.1 Å². The van der Waals surface area contributed by atoms with Crippen molar-refractivity contribution in [3.63, 3.8) is 0 Å². The molecule has 0 atom stereocenters. The van der Waals surface area contributed by atoms with Crippen molar-refractivity contribution in [3.05, 3.63) is 47.1 Å². The summed E-state index contributed by atoms with van der Waals surface area (Å²) in [7, 11) is 0. The Balaban J connectivity index is 3.82. The minimum atomic E-state index is 0.625. The van der Waals surface area contributed by atoms with Crippen molar-refractivity contribution in [1.29, 1.82) is 0 Å². The van der Waals surface area contributed by atoms with E-state index in [4.69, 9.17) is 11.6 Å². The Kier molecular flexibility index (Phi) is 12.7. The quantitative estimate of drug-likeness (QED) is 0.231. The lowest BCUT2D eigenvalue weighted by molar-refractivity contribution is 0.907. The summed E-state index contributed by atoms with van der Waals surface area (Å²) in [6.45, 7) is 8.80. The Bertz CT molecular complexity index is 352. The number of rotatable bonds is 10. The first-order chi connectivity index (χ1) is 9.56. The zero-order valence-corrected chi connectivity index (χ0v) is 14.5. The highest BCUT2D eigenvalue weighted by Gasteiger charge is 1.91. The van der Waals surface area contributed by atoms with E-state index in [1.807, 2.05) is 6.08 Å². The fourth-order valence-electron chi connectivity index (χ4n) is 1.95. The van der Waals surface area contributed by atoms with Crippen LogP contribution in [0.3, 0.4) is 0 Å². The fraction of sp³-hybridized carbons (Fsp3) is 0.579. The van der Waals surface area contributed by atoms with Gasteiger partial charge in [0.25, 0.3) is 0 Å². The maximum absolute atomic E-state index is 5.58. The standard InChI is InChI=1S/C19H31Cl/c1-17(2)11-9-13-19(4)15-10-14-18(3)12-7-5-6-8-16-20/h6,8,11-12,15H,5,7,9-10,13-14,16H2,1-4H3. The van der Waals surface area contributed by atoms with Gasteiger partial charge in [-0.05, 0) is 66.2 Å². The zero-order chi connectivity index (χ0) is 15.2. The number of hydrogen-bond donors (Lipinski definition) is 0. The lowest BCUT2D eigenvalue weighted by atomic mass is 10.1. The summed E-state index contributed by atoms with van der Waals surface area (Å²) in [6.07, 6.45) is 18.2. The van der Waals surface area contributed by atoms with Gasteiger partial charge >= 0.3 is 0 Å². The van der Waals surface area contributed by atoms with Crippen LogP contribution in [0.4, 0.5) is 0 Å². The Labute approximate surface area is 131 Å². The highest BCUT2D eigenvalue weighted by Crippen LogP contribution is 2.12. The van der Waals surface area contributed by atoms with E-state index < -0.39 is 0 Å². The average molecular weight is 295 g/mol. The van der Waals surface area contributed by atoms with Crippen molar-refractivity contribution in [2.24, 2.45) is 0 Å². The third-order valence-electron chi connectivity index (χ3n) is 3.20. The summed E-state index contributed by atoms with van der Waals surface area (Å²) in [6, 6.07) is 0. The van der Waals surface area contributed by atoms with E-state index in [9.17, 15) is 0 Å². The first kappa shape index (κ1) is 19.2. The summed E-state index contributed by atoms with van der Waals surface area (Å²) < 4.78 is 0. The van der Waals surface area contributed by atoms with Crippen LogP contribution in [0.2, 0.25) is 0 Å². The largest absolute Gasteiger partial charge is 0.122 e. The molecule has 0 aromatic rings. The number of allylic oxidation sites excluding steroid dienone is 8. The van der Waals surface area contributed by atoms with E-state index in [2.05, 4.69) is 52.0 Å². The minimum absolute atomic E-state index is 0.625. The maximum Gasteiger partial charge on any atom is 0.0404 e. The first-order valence-corrected chi connectivity index (χ1v) is 8.25. The molecule has 0 fully saturated rings. The van der Waals surface area contributed by atoms with Crippen LogP contribution in [-0.4, -0.2) is 5.88 Å². The van der Waals surface area contributed by atoms with Crippen molar-refractivity contribution in [3.8, 4) is 0 Å². The lowest BCUT2D eigenvalue weighted by Gasteiger charge is -2.01. The van der Waals surface area contributed by atoms with Gasteiger partial charge in [0, 0.05) is 5.88 Å². The number of halogens is 1. The smallest absolute Gasteiger partial charge is 0.0404 e. The molecular weight excluding hydrogens is 264 g/mol. The van der Waals surface area contributed by atoms with E-state index in [0.29, 0.717) is 5.88 Å². The molecule has 0 amide bonds. The van der Waals surface area contributed by atoms with Gasteiger partial charge in [-0.1, -0.05) is 47.1 Å². The Hall–Kier alpha value is -0.750. The second-order valence-electron chi connectivity index (χ2n) is 5.66. The van der Waals surface area contributed by atoms with E-state index in [0.717, 1.165) is 12.8 Å². The van der Waals surface area contributed by atoms with Gasteiger partial charge in [0.15, 0.2) is 0 Å². The molecule has 0 radical (unpaired) electrons. The highest BCUT2D eigenvalue weighted by molar-refractivity contribution is 6.18. The fourth-order valence-corrected chi connectivity index (χ4v) is 2.07. The second kappa shape index (κ2) is 13.2. The summed E-state index contributed by atoms with van der Waals surface area (Å²) in [4.78, 5) is 0. The molecule has 0 aromatic carbocycles. The molecule has 0 nitrogen and oxygen atoms in total. The van der Waals surface area contributed by atoms with Crippen molar-refractivity contribution >= 4 is 11.6 Å². The van der Waals surface area contributed by atoms with Crippen LogP contribution in [0.25, 0.3) is 0 Å². The van der Waals surface area contributed by atoms with Gasteiger partial charge in [-0.2, -0.15) is 0 Å². The highest BCUT2D eigenvalue weighted by atomic mass is 35.5. The third-order valence-corrected chi connectivity index (χ3v) is 3.38. The number of alkyl halides is 1. The first-order valence-electron chi connectivity index (χ1n) is 7.71. The van der Waals surface area contributed by atoms with E-state index >= 15 is 0 Å². The monoisotopic (exact) mass is 294 g/mol. The second-order valence-corrected chi connectivity index (χ2v) is 5.97. The molecule has 0 heterocycles. The predicted molar refractivity (Wildman–Crippen MR) is 94.5 cm³/mol. The van der Waals surface area contributed by atoms with Crippen molar-refractivity contribution in [2.45, 2.75) is 66.2 Å². The van der Waals surface area contributed by atoms with Crippen LogP contribution in [0.1, 0.15) is 66.2 Å². The van der Waals surface area contributed by atoms with Crippen LogP contribution in [-0.2, 0) is 0 Å². The summed E-state index contributed by atoms with van der Waals surface area (Å²) >= 11 is 5.58. The summed E-state index contributed by atoms with van der Waals surface area (Å²) in [5.41, 5.74) is 4.43. The molecule has 0 aliphatic heterocycles. The minimum Gasteiger partial charge on any atom is -0.122 e. The summed E-state index contributed by atoms with van der Waals surface area (Å²) in [5, 5.41) is 0. The molecule has 0 bridgehead atoms. The van der Waals surface area contributed by atoms with Crippen molar-refractivity contribution < 1.29 is 0 Å². The van der Waals surface area contributed by atoms with Gasteiger partial charge in [-0.3, -0.25) is 0 Å². The maximum atomic E-state index is 5.58. The van der Waals surface area contributed by atoms with Crippen LogP contribution >= 0.6 is 11.6 Å². The van der Waals surface area contributed by atoms with Gasteiger partial charge in [0.05, 0.1) is 0 Å². The molecule has 0 rings (SSSR count). The van der Waals surface area contributed by atoms with Crippen molar-refractivity contribution in [2.75, 3.05) is 5.88 Å². The van der Waals surface area contributed by atoms with E-state index in [-0.39, 0.29) is 0 Å². The SMILES string of the molecule is CC(C)=CCCC(C)=CCCC(C)=CCCC=CCCl. The molecular formula is C19H31Cl. The topological polar surface area (TPSA) is 0 Å². The van der Waals surface area contributed by atoms with Gasteiger partial charge < -0.3 is 0 Å². The van der Waals surface area contributed by atoms with Crippen LogP contribution < -0.4 is 0 Å². The Morgan fingerprint density at radius 3 is 1.80 bits per heavy atom. The normalized spacial score (nSPS) is 13.1. The van der Waals surface area contributed by atoms with Gasteiger partial charge in [0.2, 0.25) is 0 Å². The van der Waals surface area contributed by atoms with Crippen LogP contribution in [0, 0.1) is 0 Å². The molecule has 20 heavy (non-hydrogen) atoms. The van der Waals surface area contributed by atoms with Gasteiger partial charge in [-0.15, -0.1) is 11.6 Å². The van der Waals surface area contributed by atoms with Gasteiger partial charge in [0.1, 0.15) is 0 Å². The Morgan fingerprint density at radius 1 is 0.700 bits per heavy atom. The molecule has 0 aliphatic rings. The number of unbranched alkanes of at least 4 members (excludes halogenated alkanes) is 1. The molecule has 0 aromatic heterocycles. The molecule has 1 heteroatoms. The predicted octanol–water partition coefficient (Wildman–Crippen LogP) is 6.98. The molecule has 114 valence electrons. The molecule has 0 spiro atoms. The molecule has 0 saturated heterocycles. The molecule has 0 N–H and O–H groups in total. The molecule has 0 unspecified atom stereocenters. The lowest BCUT2D eigenvalue weighted by Crippen LogP contribution is -1.81. The zero-order valence-electron chi connectivity index (χ0n) is 13.7. The molecule has 0 aliphatic carbocycles. The Morgan fingerprint density at radius 2 is 1.25 bits per heavy atom. The van der Waals surface area contributed by atoms with Crippen molar-refractivity contribution in [1.82, 2.24) is 0 Å². The van der Waals surface area contributed by atoms with E-state index in [1.165, 1.54) is 42.4 Å². The van der Waals surface area contributed by atoms with Gasteiger partial charge in [-0.25, -0.2) is 0 Å². The average Bonchev–Trinajstić information content (AvgIpc) is 2.38. The number of hydrogen-bond acceptors (Lipinski definition) is 0. The van der Waals surface area contributed by atoms with Crippen LogP contribution in [0.5, 0.6) is 0 Å². The summed E-state index contributed by atoms with van der Waals surface area (Å²) in [5.74, 6) is 0.625.